The van der Waals surface area contributed by atoms with Crippen molar-refractivity contribution in [1.82, 2.24) is 9.97 Å². The van der Waals surface area contributed by atoms with Crippen LogP contribution in [-0.2, 0) is 11.3 Å². The Morgan fingerprint density at radius 3 is 2.54 bits per heavy atom. The maximum Gasteiger partial charge on any atom is 0.357 e. The molecular formula is C21H25N3O2. The average Bonchev–Trinajstić information content (AvgIpc) is 2.89. The van der Waals surface area contributed by atoms with Crippen molar-refractivity contribution in [3.8, 4) is 0 Å². The topological polar surface area (TPSA) is 67.0 Å². The van der Waals surface area contributed by atoms with Crippen molar-refractivity contribution in [1.29, 1.82) is 0 Å². The summed E-state index contributed by atoms with van der Waals surface area (Å²) in [6.45, 7) is 11.0. The summed E-state index contributed by atoms with van der Waals surface area (Å²) in [5.74, 6) is 0.271. The minimum Gasteiger partial charge on any atom is -0.461 e. The van der Waals surface area contributed by atoms with E-state index in [4.69, 9.17) is 4.74 Å². The number of esters is 1. The summed E-state index contributed by atoms with van der Waals surface area (Å²) in [7, 11) is 0. The quantitative estimate of drug-likeness (QED) is 0.660. The highest BCUT2D eigenvalue weighted by Gasteiger charge is 2.17. The number of hydrogen-bond donors (Lipinski definition) is 2. The number of nitrogens with zero attached hydrogens (tertiary/aromatic N) is 1. The van der Waals surface area contributed by atoms with E-state index in [2.05, 4.69) is 47.3 Å². The molecule has 5 nitrogen and oxygen atoms in total. The molecule has 136 valence electrons. The van der Waals surface area contributed by atoms with E-state index in [-0.39, 0.29) is 0 Å². The molecule has 0 aliphatic rings. The van der Waals surface area contributed by atoms with Crippen molar-refractivity contribution in [2.45, 2.75) is 41.2 Å². The number of H-pyrrole nitrogens is 1. The van der Waals surface area contributed by atoms with Gasteiger partial charge in [-0.15, -0.1) is 0 Å². The van der Waals surface area contributed by atoms with Gasteiger partial charge in [0.1, 0.15) is 0 Å². The third-order valence-corrected chi connectivity index (χ3v) is 4.86. The van der Waals surface area contributed by atoms with E-state index in [1.54, 1.807) is 13.0 Å². The van der Waals surface area contributed by atoms with E-state index in [0.29, 0.717) is 24.7 Å². The highest BCUT2D eigenvalue weighted by Crippen LogP contribution is 2.28. The molecule has 2 N–H and O–H groups in total. The highest BCUT2D eigenvalue weighted by molar-refractivity contribution is 5.98. The molecule has 2 aromatic heterocycles. The van der Waals surface area contributed by atoms with Crippen LogP contribution in [-0.4, -0.2) is 22.5 Å². The van der Waals surface area contributed by atoms with E-state index in [0.717, 1.165) is 22.2 Å². The number of fused-ring (bicyclic) bond motifs is 1. The molecule has 2 heterocycles. The smallest absolute Gasteiger partial charge is 0.357 e. The number of hydrogen-bond acceptors (Lipinski definition) is 4. The lowest BCUT2D eigenvalue weighted by atomic mass is 10.0. The number of rotatable bonds is 5. The first kappa shape index (κ1) is 18.0. The zero-order valence-corrected chi connectivity index (χ0v) is 16.0. The van der Waals surface area contributed by atoms with Gasteiger partial charge < -0.3 is 15.0 Å². The molecule has 0 fully saturated rings. The number of aromatic nitrogens is 2. The molecule has 0 aliphatic heterocycles. The third kappa shape index (κ3) is 3.29. The molecule has 0 unspecified atom stereocenters. The second-order valence-corrected chi connectivity index (χ2v) is 6.60. The second kappa shape index (κ2) is 7.20. The van der Waals surface area contributed by atoms with Gasteiger partial charge in [-0.05, 0) is 62.9 Å². The van der Waals surface area contributed by atoms with Crippen LogP contribution in [0.5, 0.6) is 0 Å². The minimum atomic E-state index is -0.400. The zero-order chi connectivity index (χ0) is 18.8. The maximum absolute atomic E-state index is 12.2. The largest absolute Gasteiger partial charge is 0.461 e. The molecule has 0 aliphatic carbocycles. The SMILES string of the molecule is CCOC(=O)c1cc2c(C)c(C)[nH]c2c(NCc2c(C)cccc2C)n1. The van der Waals surface area contributed by atoms with Crippen molar-refractivity contribution in [3.05, 3.63) is 57.9 Å². The van der Waals surface area contributed by atoms with E-state index < -0.39 is 5.97 Å². The van der Waals surface area contributed by atoms with E-state index in [9.17, 15) is 4.79 Å². The molecule has 3 rings (SSSR count). The molecular weight excluding hydrogens is 326 g/mol. The second-order valence-electron chi connectivity index (χ2n) is 6.60. The van der Waals surface area contributed by atoms with E-state index in [1.165, 1.54) is 16.7 Å². The van der Waals surface area contributed by atoms with Gasteiger partial charge in [-0.2, -0.15) is 0 Å². The Kier molecular flexibility index (Phi) is 4.98. The van der Waals surface area contributed by atoms with Crippen LogP contribution in [0.25, 0.3) is 10.9 Å². The van der Waals surface area contributed by atoms with Crippen LogP contribution in [0, 0.1) is 27.7 Å². The Balaban J connectivity index is 2.03. The first-order chi connectivity index (χ1) is 12.4. The lowest BCUT2D eigenvalue weighted by Crippen LogP contribution is -2.11. The molecule has 0 atom stereocenters. The highest BCUT2D eigenvalue weighted by atomic mass is 16.5. The first-order valence-electron chi connectivity index (χ1n) is 8.88. The molecule has 26 heavy (non-hydrogen) atoms. The lowest BCUT2D eigenvalue weighted by molar-refractivity contribution is 0.0520. The number of benzene rings is 1. The van der Waals surface area contributed by atoms with Crippen LogP contribution >= 0.6 is 0 Å². The summed E-state index contributed by atoms with van der Waals surface area (Å²) < 4.78 is 5.14. The van der Waals surface area contributed by atoms with Gasteiger partial charge in [-0.1, -0.05) is 18.2 Å². The van der Waals surface area contributed by atoms with Crippen LogP contribution in [0.2, 0.25) is 0 Å². The van der Waals surface area contributed by atoms with Gasteiger partial charge in [0, 0.05) is 17.6 Å². The number of aromatic amines is 1. The van der Waals surface area contributed by atoms with Crippen molar-refractivity contribution in [2.24, 2.45) is 0 Å². The molecule has 3 aromatic rings. The number of ether oxygens (including phenoxy) is 1. The monoisotopic (exact) mass is 351 g/mol. The molecule has 0 bridgehead atoms. The molecule has 0 spiro atoms. The van der Waals surface area contributed by atoms with Crippen LogP contribution in [0.4, 0.5) is 5.82 Å². The molecule has 1 aromatic carbocycles. The molecule has 0 saturated heterocycles. The first-order valence-corrected chi connectivity index (χ1v) is 8.88. The van der Waals surface area contributed by atoms with E-state index in [1.807, 2.05) is 13.8 Å². The molecule has 0 saturated carbocycles. The number of carbonyl (C=O) groups is 1. The van der Waals surface area contributed by atoms with Gasteiger partial charge in [-0.25, -0.2) is 9.78 Å². The Hall–Kier alpha value is -2.82. The fourth-order valence-electron chi connectivity index (χ4n) is 3.19. The van der Waals surface area contributed by atoms with Crippen molar-refractivity contribution in [3.63, 3.8) is 0 Å². The predicted octanol–water partition coefficient (Wildman–Crippen LogP) is 4.59. The van der Waals surface area contributed by atoms with E-state index >= 15 is 0 Å². The Morgan fingerprint density at radius 2 is 1.88 bits per heavy atom. The van der Waals surface area contributed by atoms with Gasteiger partial charge in [0.2, 0.25) is 0 Å². The number of nitrogens with one attached hydrogen (secondary N) is 2. The van der Waals surface area contributed by atoms with Crippen LogP contribution < -0.4 is 5.32 Å². The minimum absolute atomic E-state index is 0.324. The normalized spacial score (nSPS) is 11.0. The number of anilines is 1. The maximum atomic E-state index is 12.2. The summed E-state index contributed by atoms with van der Waals surface area (Å²) in [4.78, 5) is 20.1. The molecule has 5 heteroatoms. The Bertz CT molecular complexity index is 953. The lowest BCUT2D eigenvalue weighted by Gasteiger charge is -2.13. The van der Waals surface area contributed by atoms with Gasteiger partial charge >= 0.3 is 5.97 Å². The summed E-state index contributed by atoms with van der Waals surface area (Å²) in [6.07, 6.45) is 0. The Labute approximate surface area is 153 Å². The van der Waals surface area contributed by atoms with Crippen LogP contribution in [0.15, 0.2) is 24.3 Å². The molecule has 0 radical (unpaired) electrons. The number of pyridine rings is 1. The summed E-state index contributed by atoms with van der Waals surface area (Å²) in [5.41, 5.74) is 7.12. The summed E-state index contributed by atoms with van der Waals surface area (Å²) >= 11 is 0. The summed E-state index contributed by atoms with van der Waals surface area (Å²) in [6, 6.07) is 8.07. The number of carbonyl (C=O) groups excluding carboxylic acids is 1. The van der Waals surface area contributed by atoms with Crippen LogP contribution in [0.3, 0.4) is 0 Å². The van der Waals surface area contributed by atoms with Gasteiger partial charge in [0.25, 0.3) is 0 Å². The van der Waals surface area contributed by atoms with Crippen molar-refractivity contribution >= 4 is 22.7 Å². The van der Waals surface area contributed by atoms with Crippen molar-refractivity contribution < 1.29 is 9.53 Å². The summed E-state index contributed by atoms with van der Waals surface area (Å²) in [5, 5.41) is 4.40. The predicted molar refractivity (Wildman–Crippen MR) is 105 cm³/mol. The third-order valence-electron chi connectivity index (χ3n) is 4.86. The van der Waals surface area contributed by atoms with Gasteiger partial charge in [0.15, 0.2) is 11.5 Å². The standard InChI is InChI=1S/C21H25N3O2/c1-6-26-21(25)18-10-16-14(4)15(5)23-19(16)20(24-18)22-11-17-12(2)8-7-9-13(17)3/h7-10,23H,6,11H2,1-5H3,(H,22,24). The van der Waals surface area contributed by atoms with Gasteiger partial charge in [0.05, 0.1) is 12.1 Å². The molecule has 0 amide bonds. The average molecular weight is 351 g/mol. The van der Waals surface area contributed by atoms with Crippen LogP contribution in [0.1, 0.15) is 45.4 Å². The fraction of sp³-hybridized carbons (Fsp3) is 0.333. The fourth-order valence-corrected chi connectivity index (χ4v) is 3.19. The Morgan fingerprint density at radius 1 is 1.19 bits per heavy atom. The number of aryl methyl sites for hydroxylation is 4. The van der Waals surface area contributed by atoms with Gasteiger partial charge in [-0.3, -0.25) is 0 Å². The zero-order valence-electron chi connectivity index (χ0n) is 16.0. The van der Waals surface area contributed by atoms with Crippen molar-refractivity contribution in [2.75, 3.05) is 11.9 Å².